The first-order chi connectivity index (χ1) is 31.2. The fraction of sp³-hybridized carbons (Fsp3) is 0.143. The Bertz CT molecular complexity index is 3170. The van der Waals surface area contributed by atoms with Crippen molar-refractivity contribution >= 4 is 32.3 Å². The molecule has 0 bridgehead atoms. The van der Waals surface area contributed by atoms with E-state index in [1.165, 1.54) is 149 Å². The zero-order chi connectivity index (χ0) is 42.3. The normalized spacial score (nSPS) is 12.8. The monoisotopic (exact) mass is 808 g/mol. The summed E-state index contributed by atoms with van der Waals surface area (Å²) in [4.78, 5) is 0. The van der Waals surface area contributed by atoms with Crippen LogP contribution < -0.4 is 0 Å². The quantitative estimate of drug-likeness (QED) is 0.114. The molecule has 0 atom stereocenters. The number of unbranched alkanes of at least 4 members (excludes halogenated alkanes) is 2. The van der Waals surface area contributed by atoms with Crippen LogP contribution in [0.2, 0.25) is 0 Å². The zero-order valence-corrected chi connectivity index (χ0v) is 36.4. The number of rotatable bonds is 11. The lowest BCUT2D eigenvalue weighted by Gasteiger charge is -2.33. The van der Waals surface area contributed by atoms with Crippen LogP contribution in [0, 0.1) is 0 Å². The lowest BCUT2D eigenvalue weighted by molar-refractivity contribution is 0.414. The summed E-state index contributed by atoms with van der Waals surface area (Å²) < 4.78 is 0. The molecule has 0 aromatic heterocycles. The fourth-order valence-electron chi connectivity index (χ4n) is 11.1. The van der Waals surface area contributed by atoms with Gasteiger partial charge in [-0.15, -0.1) is 0 Å². The molecule has 1 aliphatic rings. The number of hydrogen-bond donors (Lipinski definition) is 0. The number of benzene rings is 10. The van der Waals surface area contributed by atoms with Gasteiger partial charge >= 0.3 is 0 Å². The Morgan fingerprint density at radius 1 is 0.286 bits per heavy atom. The second-order valence-electron chi connectivity index (χ2n) is 17.7. The molecular formula is C63H52. The van der Waals surface area contributed by atoms with Crippen LogP contribution in [-0.4, -0.2) is 0 Å². The first kappa shape index (κ1) is 38.9. The standard InChI is InChI=1S/C63H52/c1-3-5-37-63(38-6-4-2)59-32-20-19-27-52(59)53-34-33-45(42-60(53)63)61-54-28-15-17-30-56(54)62(57-31-18-16-29-55(57)61)58-36-35-49(50-25-13-14-26-51(50)58)48-40-46(43-21-9-7-10-22-43)39-47(41-48)44-23-11-8-12-24-44/h7-36,39-42H,3-6,37-38H2,1-2H3. The molecule has 0 radical (unpaired) electrons. The van der Waals surface area contributed by atoms with Gasteiger partial charge in [0, 0.05) is 5.41 Å². The molecule has 0 heteroatoms. The minimum absolute atomic E-state index is 0.0304. The summed E-state index contributed by atoms with van der Waals surface area (Å²) in [6, 6.07) is 77.5. The third-order valence-electron chi connectivity index (χ3n) is 14.1. The van der Waals surface area contributed by atoms with Gasteiger partial charge in [0.2, 0.25) is 0 Å². The zero-order valence-electron chi connectivity index (χ0n) is 36.4. The smallest absolute Gasteiger partial charge is 0.0215 e. The van der Waals surface area contributed by atoms with Crippen LogP contribution in [0.3, 0.4) is 0 Å². The summed E-state index contributed by atoms with van der Waals surface area (Å²) in [7, 11) is 0. The third-order valence-corrected chi connectivity index (χ3v) is 14.1. The topological polar surface area (TPSA) is 0 Å². The van der Waals surface area contributed by atoms with Crippen molar-refractivity contribution < 1.29 is 0 Å². The summed E-state index contributed by atoms with van der Waals surface area (Å²) in [5.74, 6) is 0. The van der Waals surface area contributed by atoms with Gasteiger partial charge in [0.15, 0.2) is 0 Å². The van der Waals surface area contributed by atoms with Crippen molar-refractivity contribution in [2.24, 2.45) is 0 Å². The predicted octanol–water partition coefficient (Wildman–Crippen LogP) is 18.1. The predicted molar refractivity (Wildman–Crippen MR) is 271 cm³/mol. The Hall–Kier alpha value is -7.02. The molecule has 0 unspecified atom stereocenters. The molecule has 0 nitrogen and oxygen atoms in total. The van der Waals surface area contributed by atoms with E-state index in [0.29, 0.717) is 0 Å². The van der Waals surface area contributed by atoms with E-state index in [4.69, 9.17) is 0 Å². The second kappa shape index (κ2) is 16.4. The molecule has 0 fully saturated rings. The van der Waals surface area contributed by atoms with Gasteiger partial charge in [-0.25, -0.2) is 0 Å². The first-order valence-electron chi connectivity index (χ1n) is 23.1. The summed E-state index contributed by atoms with van der Waals surface area (Å²) in [6.45, 7) is 4.68. The molecule has 10 aromatic carbocycles. The molecule has 0 aliphatic heterocycles. The van der Waals surface area contributed by atoms with E-state index in [1.807, 2.05) is 0 Å². The van der Waals surface area contributed by atoms with Crippen molar-refractivity contribution in [3.05, 3.63) is 217 Å². The molecule has 0 amide bonds. The van der Waals surface area contributed by atoms with Crippen molar-refractivity contribution in [3.63, 3.8) is 0 Å². The van der Waals surface area contributed by atoms with Crippen molar-refractivity contribution in [3.8, 4) is 66.8 Å². The maximum atomic E-state index is 2.60. The Labute approximate surface area is 372 Å². The van der Waals surface area contributed by atoms with Crippen molar-refractivity contribution in [2.75, 3.05) is 0 Å². The van der Waals surface area contributed by atoms with Crippen molar-refractivity contribution in [2.45, 2.75) is 57.8 Å². The highest BCUT2D eigenvalue weighted by Gasteiger charge is 2.42. The lowest BCUT2D eigenvalue weighted by atomic mass is 9.70. The SMILES string of the molecule is CCCCC1(CCCC)c2ccccc2-c2ccc(-c3c4ccccc4c(-c4ccc(-c5cc(-c6ccccc6)cc(-c6ccccc6)c5)c5ccccc45)c4ccccc34)cc21. The van der Waals surface area contributed by atoms with Crippen LogP contribution in [0.4, 0.5) is 0 Å². The van der Waals surface area contributed by atoms with Crippen LogP contribution in [-0.2, 0) is 5.41 Å². The molecule has 0 saturated carbocycles. The maximum Gasteiger partial charge on any atom is 0.0215 e. The first-order valence-corrected chi connectivity index (χ1v) is 23.1. The second-order valence-corrected chi connectivity index (χ2v) is 17.7. The highest BCUT2D eigenvalue weighted by Crippen LogP contribution is 2.56. The van der Waals surface area contributed by atoms with E-state index < -0.39 is 0 Å². The maximum absolute atomic E-state index is 2.60. The lowest BCUT2D eigenvalue weighted by Crippen LogP contribution is -2.25. The molecule has 0 saturated heterocycles. The van der Waals surface area contributed by atoms with E-state index in [9.17, 15) is 0 Å². The molecule has 0 spiro atoms. The fourth-order valence-corrected chi connectivity index (χ4v) is 11.1. The molecule has 1 aliphatic carbocycles. The minimum atomic E-state index is 0.0304. The molecule has 63 heavy (non-hydrogen) atoms. The molecule has 304 valence electrons. The molecule has 0 N–H and O–H groups in total. The highest BCUT2D eigenvalue weighted by molar-refractivity contribution is 6.24. The van der Waals surface area contributed by atoms with Crippen molar-refractivity contribution in [1.29, 1.82) is 0 Å². The molecular weight excluding hydrogens is 757 g/mol. The van der Waals surface area contributed by atoms with Gasteiger partial charge in [-0.3, -0.25) is 0 Å². The van der Waals surface area contributed by atoms with Gasteiger partial charge in [0.25, 0.3) is 0 Å². The molecule has 0 heterocycles. The highest BCUT2D eigenvalue weighted by atomic mass is 14.4. The van der Waals surface area contributed by atoms with Gasteiger partial charge in [-0.1, -0.05) is 222 Å². The summed E-state index contributed by atoms with van der Waals surface area (Å²) in [6.07, 6.45) is 7.22. The summed E-state index contributed by atoms with van der Waals surface area (Å²) in [5, 5.41) is 7.68. The largest absolute Gasteiger partial charge is 0.0654 e. The Morgan fingerprint density at radius 3 is 1.29 bits per heavy atom. The summed E-state index contributed by atoms with van der Waals surface area (Å²) in [5.41, 5.74) is 18.5. The Balaban J connectivity index is 1.12. The van der Waals surface area contributed by atoms with E-state index in [-0.39, 0.29) is 5.41 Å². The molecule has 11 rings (SSSR count). The average Bonchev–Trinajstić information content (AvgIpc) is 3.63. The minimum Gasteiger partial charge on any atom is -0.0654 e. The Morgan fingerprint density at radius 2 is 0.714 bits per heavy atom. The van der Waals surface area contributed by atoms with Crippen LogP contribution in [0.15, 0.2) is 206 Å². The van der Waals surface area contributed by atoms with E-state index in [2.05, 4.69) is 220 Å². The Kier molecular flexibility index (Phi) is 10.1. The molecule has 10 aromatic rings. The number of fused-ring (bicyclic) bond motifs is 6. The van der Waals surface area contributed by atoms with E-state index in [1.54, 1.807) is 0 Å². The van der Waals surface area contributed by atoms with Crippen LogP contribution in [0.25, 0.3) is 99.1 Å². The van der Waals surface area contributed by atoms with Gasteiger partial charge in [0.05, 0.1) is 0 Å². The van der Waals surface area contributed by atoms with Crippen LogP contribution in [0.1, 0.15) is 63.5 Å². The van der Waals surface area contributed by atoms with E-state index in [0.717, 1.165) is 0 Å². The van der Waals surface area contributed by atoms with Gasteiger partial charge in [-0.2, -0.15) is 0 Å². The van der Waals surface area contributed by atoms with Gasteiger partial charge in [-0.05, 0) is 147 Å². The summed E-state index contributed by atoms with van der Waals surface area (Å²) >= 11 is 0. The van der Waals surface area contributed by atoms with Gasteiger partial charge < -0.3 is 0 Å². The van der Waals surface area contributed by atoms with E-state index >= 15 is 0 Å². The third kappa shape index (κ3) is 6.59. The number of hydrogen-bond acceptors (Lipinski definition) is 0. The van der Waals surface area contributed by atoms with Crippen LogP contribution in [0.5, 0.6) is 0 Å². The average molecular weight is 809 g/mol. The van der Waals surface area contributed by atoms with Gasteiger partial charge in [0.1, 0.15) is 0 Å². The van der Waals surface area contributed by atoms with Crippen molar-refractivity contribution in [1.82, 2.24) is 0 Å². The van der Waals surface area contributed by atoms with Crippen LogP contribution >= 0.6 is 0 Å².